The first-order valence-electron chi connectivity index (χ1n) is 15.2. The molecule has 1 unspecified atom stereocenters. The monoisotopic (exact) mass is 608 g/mol. The lowest BCUT2D eigenvalue weighted by molar-refractivity contribution is -0.138. The standard InChI is InChI=1S/C37H40N2O6/c1-26(2)35(40)39(33-16-9-7-12-27(33)3)24-11-25-44-30-21-18-28(19-22-30)20-23-32(36(41)42)38-31-15-8-10-17-34(31)45-37(43)29-13-5-4-6-14-29/h4-10,12-19,21-22,26,32,38H,11,20,23-25H2,1-3H3,(H,41,42). The van der Waals surface area contributed by atoms with Gasteiger partial charge in [-0.1, -0.05) is 74.5 Å². The molecule has 0 saturated heterocycles. The Balaban J connectivity index is 1.29. The summed E-state index contributed by atoms with van der Waals surface area (Å²) in [5.74, 6) is -0.588. The summed E-state index contributed by atoms with van der Waals surface area (Å²) in [4.78, 5) is 39.4. The third-order valence-electron chi connectivity index (χ3n) is 7.33. The number of para-hydroxylation sites is 3. The van der Waals surface area contributed by atoms with Gasteiger partial charge in [0.1, 0.15) is 11.8 Å². The van der Waals surface area contributed by atoms with Crippen LogP contribution in [0.3, 0.4) is 0 Å². The first-order chi connectivity index (χ1) is 21.7. The van der Waals surface area contributed by atoms with E-state index in [1.54, 1.807) is 48.5 Å². The Morgan fingerprint density at radius 1 is 0.844 bits per heavy atom. The Hall–Kier alpha value is -5.11. The molecule has 45 heavy (non-hydrogen) atoms. The Morgan fingerprint density at radius 3 is 2.20 bits per heavy atom. The van der Waals surface area contributed by atoms with Crippen LogP contribution in [-0.4, -0.2) is 42.1 Å². The van der Waals surface area contributed by atoms with Crippen LogP contribution in [0.1, 0.15) is 48.2 Å². The summed E-state index contributed by atoms with van der Waals surface area (Å²) in [5, 5.41) is 12.9. The fourth-order valence-electron chi connectivity index (χ4n) is 4.86. The zero-order valence-electron chi connectivity index (χ0n) is 25.9. The van der Waals surface area contributed by atoms with E-state index < -0.39 is 18.0 Å². The van der Waals surface area contributed by atoms with Crippen LogP contribution in [0, 0.1) is 12.8 Å². The normalized spacial score (nSPS) is 11.5. The fourth-order valence-corrected chi connectivity index (χ4v) is 4.86. The van der Waals surface area contributed by atoms with Crippen LogP contribution in [0.25, 0.3) is 0 Å². The minimum absolute atomic E-state index is 0.0829. The lowest BCUT2D eigenvalue weighted by Crippen LogP contribution is -2.36. The quantitative estimate of drug-likeness (QED) is 0.0837. The van der Waals surface area contributed by atoms with Gasteiger partial charge < -0.3 is 24.8 Å². The summed E-state index contributed by atoms with van der Waals surface area (Å²) < 4.78 is 11.5. The van der Waals surface area contributed by atoms with Crippen molar-refractivity contribution in [2.45, 2.75) is 46.1 Å². The molecule has 2 N–H and O–H groups in total. The predicted molar refractivity (Wildman–Crippen MR) is 176 cm³/mol. The van der Waals surface area contributed by atoms with E-state index in [2.05, 4.69) is 5.32 Å². The Bertz CT molecular complexity index is 1570. The lowest BCUT2D eigenvalue weighted by atomic mass is 10.0. The number of anilines is 2. The van der Waals surface area contributed by atoms with Gasteiger partial charge in [-0.25, -0.2) is 9.59 Å². The number of hydrogen-bond acceptors (Lipinski definition) is 6. The van der Waals surface area contributed by atoms with Crippen molar-refractivity contribution in [3.8, 4) is 11.5 Å². The molecule has 0 aromatic heterocycles. The minimum atomic E-state index is -1.00. The van der Waals surface area contributed by atoms with Crippen molar-refractivity contribution in [2.24, 2.45) is 5.92 Å². The van der Waals surface area contributed by atoms with Crippen LogP contribution in [0.15, 0.2) is 103 Å². The van der Waals surface area contributed by atoms with Crippen molar-refractivity contribution in [3.63, 3.8) is 0 Å². The number of benzene rings is 4. The van der Waals surface area contributed by atoms with Gasteiger partial charge in [-0.3, -0.25) is 4.79 Å². The van der Waals surface area contributed by atoms with Crippen molar-refractivity contribution in [1.82, 2.24) is 0 Å². The number of ether oxygens (including phenoxy) is 2. The molecule has 0 spiro atoms. The summed E-state index contributed by atoms with van der Waals surface area (Å²) in [6.45, 7) is 6.82. The second-order valence-corrected chi connectivity index (χ2v) is 11.1. The number of rotatable bonds is 15. The van der Waals surface area contributed by atoms with Gasteiger partial charge >= 0.3 is 11.9 Å². The van der Waals surface area contributed by atoms with Gasteiger partial charge in [0.25, 0.3) is 0 Å². The van der Waals surface area contributed by atoms with Crippen LogP contribution in [0.4, 0.5) is 11.4 Å². The third kappa shape index (κ3) is 9.44. The van der Waals surface area contributed by atoms with Crippen LogP contribution in [0.5, 0.6) is 11.5 Å². The van der Waals surface area contributed by atoms with Gasteiger partial charge in [-0.05, 0) is 79.8 Å². The van der Waals surface area contributed by atoms with Crippen LogP contribution in [0.2, 0.25) is 0 Å². The molecule has 1 amide bonds. The van der Waals surface area contributed by atoms with Crippen molar-refractivity contribution in [3.05, 3.63) is 120 Å². The molecule has 0 bridgehead atoms. The molecule has 0 fully saturated rings. The molecule has 8 nitrogen and oxygen atoms in total. The molecule has 0 saturated carbocycles. The van der Waals surface area contributed by atoms with E-state index >= 15 is 0 Å². The Morgan fingerprint density at radius 2 is 1.51 bits per heavy atom. The molecular weight excluding hydrogens is 568 g/mol. The topological polar surface area (TPSA) is 105 Å². The molecule has 4 rings (SSSR count). The number of amides is 1. The Labute approximate surface area is 264 Å². The van der Waals surface area contributed by atoms with E-state index in [0.29, 0.717) is 49.4 Å². The van der Waals surface area contributed by atoms with Crippen molar-refractivity contribution >= 4 is 29.2 Å². The van der Waals surface area contributed by atoms with E-state index in [1.807, 2.05) is 80.3 Å². The summed E-state index contributed by atoms with van der Waals surface area (Å²) in [6.07, 6.45) is 1.50. The highest BCUT2D eigenvalue weighted by atomic mass is 16.5. The molecular formula is C37H40N2O6. The number of carbonyl (C=O) groups excluding carboxylic acids is 2. The van der Waals surface area contributed by atoms with E-state index in [0.717, 1.165) is 16.8 Å². The predicted octanol–water partition coefficient (Wildman–Crippen LogP) is 7.17. The second kappa shape index (κ2) is 16.1. The smallest absolute Gasteiger partial charge is 0.343 e. The highest BCUT2D eigenvalue weighted by Gasteiger charge is 2.21. The molecule has 4 aromatic rings. The highest BCUT2D eigenvalue weighted by molar-refractivity contribution is 5.95. The molecule has 8 heteroatoms. The van der Waals surface area contributed by atoms with Crippen molar-refractivity contribution in [2.75, 3.05) is 23.4 Å². The van der Waals surface area contributed by atoms with E-state index in [9.17, 15) is 19.5 Å². The van der Waals surface area contributed by atoms with E-state index in [1.165, 1.54) is 0 Å². The number of hydrogen-bond donors (Lipinski definition) is 2. The van der Waals surface area contributed by atoms with Gasteiger partial charge in [0.05, 0.1) is 17.9 Å². The maximum Gasteiger partial charge on any atom is 0.343 e. The third-order valence-corrected chi connectivity index (χ3v) is 7.33. The van der Waals surface area contributed by atoms with Crippen LogP contribution < -0.4 is 19.7 Å². The molecule has 0 radical (unpaired) electrons. The SMILES string of the molecule is Cc1ccccc1N(CCCOc1ccc(CCC(Nc2ccccc2OC(=O)c2ccccc2)C(=O)O)cc1)C(=O)C(C)C. The number of aryl methyl sites for hydroxylation is 2. The maximum absolute atomic E-state index is 12.9. The molecule has 1 atom stereocenters. The molecule has 0 aliphatic carbocycles. The first kappa shape index (κ1) is 32.8. The Kier molecular flexibility index (Phi) is 11.7. The van der Waals surface area contributed by atoms with Crippen LogP contribution >= 0.6 is 0 Å². The average Bonchev–Trinajstić information content (AvgIpc) is 3.04. The molecule has 0 heterocycles. The first-order valence-corrected chi connectivity index (χ1v) is 15.2. The molecule has 0 aliphatic heterocycles. The number of carbonyl (C=O) groups is 3. The number of carboxylic acid groups (broad SMARTS) is 1. The minimum Gasteiger partial charge on any atom is -0.494 e. The number of nitrogens with zero attached hydrogens (tertiary/aromatic N) is 1. The summed E-state index contributed by atoms with van der Waals surface area (Å²) in [7, 11) is 0. The van der Waals surface area contributed by atoms with Crippen LogP contribution in [-0.2, 0) is 16.0 Å². The summed E-state index contributed by atoms with van der Waals surface area (Å²) in [6, 6.07) is 30.0. The van der Waals surface area contributed by atoms with E-state index in [4.69, 9.17) is 9.47 Å². The van der Waals surface area contributed by atoms with Gasteiger partial charge in [-0.2, -0.15) is 0 Å². The van der Waals surface area contributed by atoms with Crippen molar-refractivity contribution < 1.29 is 29.0 Å². The van der Waals surface area contributed by atoms with Gasteiger partial charge in [0.15, 0.2) is 5.75 Å². The zero-order valence-corrected chi connectivity index (χ0v) is 25.9. The number of carboxylic acids is 1. The fraction of sp³-hybridized carbons (Fsp3) is 0.270. The summed E-state index contributed by atoms with van der Waals surface area (Å²) >= 11 is 0. The average molecular weight is 609 g/mol. The largest absolute Gasteiger partial charge is 0.494 e. The number of nitrogens with one attached hydrogen (secondary N) is 1. The highest BCUT2D eigenvalue weighted by Crippen LogP contribution is 2.27. The zero-order chi connectivity index (χ0) is 32.2. The molecule has 234 valence electrons. The molecule has 0 aliphatic rings. The van der Waals surface area contributed by atoms with E-state index in [-0.39, 0.29) is 17.6 Å². The maximum atomic E-state index is 12.9. The van der Waals surface area contributed by atoms with Gasteiger partial charge in [-0.15, -0.1) is 0 Å². The molecule has 4 aromatic carbocycles. The van der Waals surface area contributed by atoms with Crippen molar-refractivity contribution in [1.29, 1.82) is 0 Å². The second-order valence-electron chi connectivity index (χ2n) is 11.1. The number of esters is 1. The van der Waals surface area contributed by atoms with Gasteiger partial charge in [0.2, 0.25) is 5.91 Å². The summed E-state index contributed by atoms with van der Waals surface area (Å²) in [5.41, 5.74) is 3.77. The lowest BCUT2D eigenvalue weighted by Gasteiger charge is -2.26. The number of aliphatic carboxylic acids is 1. The van der Waals surface area contributed by atoms with Gasteiger partial charge in [0, 0.05) is 18.2 Å².